The average molecular weight is 281 g/mol. The van der Waals surface area contributed by atoms with Crippen molar-refractivity contribution >= 4 is 0 Å². The van der Waals surface area contributed by atoms with Crippen LogP contribution in [0.25, 0.3) is 0 Å². The van der Waals surface area contributed by atoms with Crippen LogP contribution in [0.4, 0.5) is 0 Å². The predicted molar refractivity (Wildman–Crippen MR) is 90.7 cm³/mol. The molecule has 3 heteroatoms. The van der Waals surface area contributed by atoms with Gasteiger partial charge >= 0.3 is 0 Å². The van der Waals surface area contributed by atoms with E-state index < -0.39 is 0 Å². The lowest BCUT2D eigenvalue weighted by Crippen LogP contribution is -2.15. The first-order valence-electron chi connectivity index (χ1n) is 8.19. The summed E-state index contributed by atoms with van der Waals surface area (Å²) in [6.45, 7) is 10.0. The molecule has 0 rings (SSSR count). The molecule has 0 amide bonds. The molecule has 0 radical (unpaired) electrons. The van der Waals surface area contributed by atoms with Crippen LogP contribution in [0.2, 0.25) is 0 Å². The minimum atomic E-state index is 0.558. The van der Waals surface area contributed by atoms with Crippen LogP contribution in [-0.2, 0) is 0 Å². The third-order valence-corrected chi connectivity index (χ3v) is 3.56. The molecule has 20 heavy (non-hydrogen) atoms. The van der Waals surface area contributed by atoms with E-state index in [1.165, 1.54) is 24.8 Å². The van der Waals surface area contributed by atoms with Crippen molar-refractivity contribution in [3.05, 3.63) is 24.3 Å². The summed E-state index contributed by atoms with van der Waals surface area (Å²) < 4.78 is 0. The maximum atomic E-state index is 5.68. The van der Waals surface area contributed by atoms with Crippen LogP contribution < -0.4 is 16.8 Å². The molecular formula is C17H35N3. The topological polar surface area (TPSA) is 64.1 Å². The van der Waals surface area contributed by atoms with Gasteiger partial charge in [-0.05, 0) is 77.0 Å². The number of nitrogens with one attached hydrogen (secondary N) is 1. The Morgan fingerprint density at radius 2 is 1.85 bits per heavy atom. The van der Waals surface area contributed by atoms with E-state index in [1.54, 1.807) is 0 Å². The van der Waals surface area contributed by atoms with Crippen LogP contribution in [-0.4, -0.2) is 26.2 Å². The van der Waals surface area contributed by atoms with Crippen molar-refractivity contribution in [2.45, 2.75) is 51.9 Å². The predicted octanol–water partition coefficient (Wildman–Crippen LogP) is 2.97. The average Bonchev–Trinajstić information content (AvgIpc) is 2.44. The summed E-state index contributed by atoms with van der Waals surface area (Å²) in [5, 5.41) is 3.40. The van der Waals surface area contributed by atoms with Gasteiger partial charge in [-0.3, -0.25) is 0 Å². The zero-order valence-corrected chi connectivity index (χ0v) is 13.4. The second-order valence-electron chi connectivity index (χ2n) is 5.41. The van der Waals surface area contributed by atoms with E-state index in [4.69, 9.17) is 11.5 Å². The van der Waals surface area contributed by atoms with Gasteiger partial charge in [0.15, 0.2) is 0 Å². The molecule has 3 nitrogen and oxygen atoms in total. The minimum Gasteiger partial charge on any atom is -0.330 e. The SMILES string of the molecule is C=C(CCN)C(CCN)CCCC=CCCNCCC. The Labute approximate surface area is 125 Å². The lowest BCUT2D eigenvalue weighted by atomic mass is 9.89. The lowest BCUT2D eigenvalue weighted by Gasteiger charge is -2.18. The van der Waals surface area contributed by atoms with E-state index in [0.717, 1.165) is 45.3 Å². The fourth-order valence-electron chi connectivity index (χ4n) is 2.35. The third kappa shape index (κ3) is 11.2. The van der Waals surface area contributed by atoms with Crippen molar-refractivity contribution in [1.29, 1.82) is 0 Å². The lowest BCUT2D eigenvalue weighted by molar-refractivity contribution is 0.494. The first kappa shape index (κ1) is 19.4. The largest absolute Gasteiger partial charge is 0.330 e. The summed E-state index contributed by atoms with van der Waals surface area (Å²) in [5.74, 6) is 0.558. The quantitative estimate of drug-likeness (QED) is 0.339. The van der Waals surface area contributed by atoms with Gasteiger partial charge in [-0.2, -0.15) is 0 Å². The van der Waals surface area contributed by atoms with E-state index in [2.05, 4.69) is 31.0 Å². The van der Waals surface area contributed by atoms with E-state index in [1.807, 2.05) is 0 Å². The van der Waals surface area contributed by atoms with Crippen molar-refractivity contribution < 1.29 is 0 Å². The van der Waals surface area contributed by atoms with Gasteiger partial charge in [-0.15, -0.1) is 0 Å². The van der Waals surface area contributed by atoms with E-state index in [0.29, 0.717) is 12.5 Å². The molecule has 0 aliphatic carbocycles. The smallest absolute Gasteiger partial charge is 0.00143 e. The highest BCUT2D eigenvalue weighted by molar-refractivity contribution is 5.01. The molecule has 0 aromatic carbocycles. The first-order chi connectivity index (χ1) is 9.76. The van der Waals surface area contributed by atoms with Crippen LogP contribution in [0.15, 0.2) is 24.3 Å². The molecule has 5 N–H and O–H groups in total. The Morgan fingerprint density at radius 3 is 2.50 bits per heavy atom. The van der Waals surface area contributed by atoms with Crippen LogP contribution in [0, 0.1) is 5.92 Å². The third-order valence-electron chi connectivity index (χ3n) is 3.56. The molecule has 0 aliphatic rings. The Bertz CT molecular complexity index is 249. The molecule has 0 aliphatic heterocycles. The number of allylic oxidation sites excluding steroid dienone is 1. The Hall–Kier alpha value is -0.640. The molecule has 0 spiro atoms. The molecule has 0 bridgehead atoms. The summed E-state index contributed by atoms with van der Waals surface area (Å²) >= 11 is 0. The Morgan fingerprint density at radius 1 is 1.10 bits per heavy atom. The van der Waals surface area contributed by atoms with Gasteiger partial charge in [0.25, 0.3) is 0 Å². The molecule has 0 fully saturated rings. The molecule has 0 aromatic heterocycles. The molecule has 1 atom stereocenters. The first-order valence-corrected chi connectivity index (χ1v) is 8.19. The second kappa shape index (κ2) is 14.8. The zero-order chi connectivity index (χ0) is 15.1. The van der Waals surface area contributed by atoms with Gasteiger partial charge in [0, 0.05) is 0 Å². The highest BCUT2D eigenvalue weighted by Gasteiger charge is 2.10. The van der Waals surface area contributed by atoms with Crippen LogP contribution in [0.3, 0.4) is 0 Å². The number of hydrogen-bond donors (Lipinski definition) is 3. The van der Waals surface area contributed by atoms with E-state index in [-0.39, 0.29) is 0 Å². The summed E-state index contributed by atoms with van der Waals surface area (Å²) in [7, 11) is 0. The zero-order valence-electron chi connectivity index (χ0n) is 13.4. The Balaban J connectivity index is 3.67. The van der Waals surface area contributed by atoms with Crippen LogP contribution >= 0.6 is 0 Å². The fraction of sp³-hybridized carbons (Fsp3) is 0.765. The van der Waals surface area contributed by atoms with Gasteiger partial charge in [-0.1, -0.05) is 31.2 Å². The van der Waals surface area contributed by atoms with Gasteiger partial charge in [0.1, 0.15) is 0 Å². The van der Waals surface area contributed by atoms with Crippen LogP contribution in [0.1, 0.15) is 51.9 Å². The number of nitrogens with two attached hydrogens (primary N) is 2. The normalized spacial score (nSPS) is 12.9. The molecule has 0 saturated carbocycles. The molecule has 0 saturated heterocycles. The van der Waals surface area contributed by atoms with Crippen LogP contribution in [0.5, 0.6) is 0 Å². The maximum absolute atomic E-state index is 5.68. The van der Waals surface area contributed by atoms with Gasteiger partial charge in [0.05, 0.1) is 0 Å². The molecule has 1 unspecified atom stereocenters. The summed E-state index contributed by atoms with van der Waals surface area (Å²) in [6.07, 6.45) is 12.5. The monoisotopic (exact) mass is 281 g/mol. The highest BCUT2D eigenvalue weighted by atomic mass is 14.8. The molecule has 0 heterocycles. The molecule has 0 aromatic rings. The van der Waals surface area contributed by atoms with Gasteiger partial charge < -0.3 is 16.8 Å². The summed E-state index contributed by atoms with van der Waals surface area (Å²) in [4.78, 5) is 0. The summed E-state index contributed by atoms with van der Waals surface area (Å²) in [5.41, 5.74) is 12.6. The van der Waals surface area contributed by atoms with Crippen molar-refractivity contribution in [3.63, 3.8) is 0 Å². The van der Waals surface area contributed by atoms with Crippen molar-refractivity contribution in [1.82, 2.24) is 5.32 Å². The fourth-order valence-corrected chi connectivity index (χ4v) is 2.35. The number of unbranched alkanes of at least 4 members (excludes halogenated alkanes) is 1. The number of hydrogen-bond acceptors (Lipinski definition) is 3. The van der Waals surface area contributed by atoms with Crippen molar-refractivity contribution in [2.24, 2.45) is 17.4 Å². The maximum Gasteiger partial charge on any atom is -0.00143 e. The second-order valence-corrected chi connectivity index (χ2v) is 5.41. The van der Waals surface area contributed by atoms with Crippen molar-refractivity contribution in [3.8, 4) is 0 Å². The Kier molecular flexibility index (Phi) is 14.3. The summed E-state index contributed by atoms with van der Waals surface area (Å²) in [6, 6.07) is 0. The van der Waals surface area contributed by atoms with E-state index in [9.17, 15) is 0 Å². The minimum absolute atomic E-state index is 0.558. The van der Waals surface area contributed by atoms with Crippen molar-refractivity contribution in [2.75, 3.05) is 26.2 Å². The number of rotatable bonds is 14. The van der Waals surface area contributed by atoms with Gasteiger partial charge in [0.2, 0.25) is 0 Å². The highest BCUT2D eigenvalue weighted by Crippen LogP contribution is 2.22. The molecule has 118 valence electrons. The molecular weight excluding hydrogens is 246 g/mol. The standard InChI is InChI=1S/C17H35N3/c1-3-14-20-15-8-6-4-5-7-9-17(11-13-19)16(2)10-12-18/h4,6,17,20H,2-3,5,7-15,18-19H2,1H3. The van der Waals surface area contributed by atoms with Gasteiger partial charge in [-0.25, -0.2) is 0 Å². The van der Waals surface area contributed by atoms with E-state index >= 15 is 0 Å².